The largest absolute Gasteiger partial charge is 0.370 e. The van der Waals surface area contributed by atoms with Gasteiger partial charge >= 0.3 is 0 Å². The van der Waals surface area contributed by atoms with E-state index in [4.69, 9.17) is 16.7 Å². The summed E-state index contributed by atoms with van der Waals surface area (Å²) in [5.74, 6) is 1.12. The van der Waals surface area contributed by atoms with Gasteiger partial charge in [0.2, 0.25) is 0 Å². The maximum atomic E-state index is 6.35. The molecule has 0 spiro atoms. The zero-order chi connectivity index (χ0) is 16.7. The molecule has 0 unspecified atom stereocenters. The quantitative estimate of drug-likeness (QED) is 0.645. The first-order chi connectivity index (χ1) is 11.6. The van der Waals surface area contributed by atoms with Crippen LogP contribution in [-0.2, 0) is 6.42 Å². The summed E-state index contributed by atoms with van der Waals surface area (Å²) in [5, 5.41) is 11.6. The van der Waals surface area contributed by atoms with Gasteiger partial charge in [0.05, 0.1) is 10.6 Å². The van der Waals surface area contributed by atoms with Gasteiger partial charge in [-0.2, -0.15) is 5.10 Å². The lowest BCUT2D eigenvalue weighted by Gasteiger charge is -2.12. The van der Waals surface area contributed by atoms with Crippen molar-refractivity contribution in [3.63, 3.8) is 0 Å². The monoisotopic (exact) mass is 357 g/mol. The normalized spacial score (nSPS) is 14.1. The van der Waals surface area contributed by atoms with Gasteiger partial charge in [-0.1, -0.05) is 17.7 Å². The van der Waals surface area contributed by atoms with E-state index in [-0.39, 0.29) is 0 Å². The minimum atomic E-state index is 0.777. The fourth-order valence-electron chi connectivity index (χ4n) is 3.26. The third kappa shape index (κ3) is 2.64. The van der Waals surface area contributed by atoms with Crippen molar-refractivity contribution in [2.45, 2.75) is 33.1 Å². The Morgan fingerprint density at radius 2 is 2.12 bits per heavy atom. The average Bonchev–Trinajstić information content (AvgIpc) is 3.06. The first kappa shape index (κ1) is 15.7. The molecule has 0 fully saturated rings. The summed E-state index contributed by atoms with van der Waals surface area (Å²) in [6.07, 6.45) is 3.44. The van der Waals surface area contributed by atoms with Crippen molar-refractivity contribution in [2.24, 2.45) is 0 Å². The van der Waals surface area contributed by atoms with Crippen LogP contribution in [0.2, 0.25) is 5.02 Å². The number of rotatable bonds is 2. The Balaban J connectivity index is 1.94. The van der Waals surface area contributed by atoms with Crippen molar-refractivity contribution in [3.05, 3.63) is 51.4 Å². The van der Waals surface area contributed by atoms with E-state index in [0.717, 1.165) is 40.8 Å². The van der Waals surface area contributed by atoms with Gasteiger partial charge in [-0.3, -0.25) is 0 Å². The van der Waals surface area contributed by atoms with Crippen LogP contribution in [0.1, 0.15) is 29.5 Å². The topological polar surface area (TPSA) is 29.9 Å². The first-order valence-corrected chi connectivity index (χ1v) is 9.57. The number of aromatic nitrogens is 2. The molecule has 1 N–H and O–H groups in total. The molecule has 3 heterocycles. The summed E-state index contributed by atoms with van der Waals surface area (Å²) < 4.78 is 2.05. The van der Waals surface area contributed by atoms with Gasteiger partial charge < -0.3 is 5.32 Å². The number of hydrogen-bond donors (Lipinski definition) is 1. The molecule has 0 radical (unpaired) electrons. The average molecular weight is 358 g/mol. The zero-order valence-electron chi connectivity index (χ0n) is 13.9. The number of hydrogen-bond acceptors (Lipinski definition) is 3. The molecular formula is C19H20ClN3S. The number of halogens is 1. The zero-order valence-corrected chi connectivity index (χ0v) is 15.5. The molecule has 124 valence electrons. The maximum absolute atomic E-state index is 6.35. The van der Waals surface area contributed by atoms with Gasteiger partial charge in [-0.25, -0.2) is 4.68 Å². The second kappa shape index (κ2) is 6.26. The van der Waals surface area contributed by atoms with Gasteiger partial charge in [0.15, 0.2) is 0 Å². The number of benzene rings is 1. The summed E-state index contributed by atoms with van der Waals surface area (Å²) in [4.78, 5) is 1.24. The molecule has 1 aromatic carbocycles. The van der Waals surface area contributed by atoms with E-state index in [2.05, 4.69) is 36.7 Å². The van der Waals surface area contributed by atoms with Gasteiger partial charge in [0.1, 0.15) is 11.5 Å². The number of aryl methyl sites for hydroxylation is 1. The molecule has 4 rings (SSSR count). The summed E-state index contributed by atoms with van der Waals surface area (Å²) in [5.41, 5.74) is 5.83. The standard InChI is InChI=1S/C19H20ClN3S/c1-12-10-17(24-11-12)18-14-6-3-4-9-21-19(14)23(22-18)16-8-5-7-15(20)13(16)2/h5,7-8,10-11,21H,3-4,6,9H2,1-2H3. The highest BCUT2D eigenvalue weighted by Gasteiger charge is 2.23. The summed E-state index contributed by atoms with van der Waals surface area (Å²) in [6.45, 7) is 5.17. The molecule has 0 bridgehead atoms. The van der Waals surface area contributed by atoms with Crippen LogP contribution in [0.4, 0.5) is 5.82 Å². The van der Waals surface area contributed by atoms with E-state index in [1.807, 2.05) is 16.8 Å². The summed E-state index contributed by atoms with van der Waals surface area (Å²) in [6, 6.07) is 8.24. The molecular weight excluding hydrogens is 338 g/mol. The molecule has 0 atom stereocenters. The second-order valence-electron chi connectivity index (χ2n) is 6.34. The van der Waals surface area contributed by atoms with Crippen molar-refractivity contribution in [1.82, 2.24) is 9.78 Å². The Labute approximate surface area is 151 Å². The van der Waals surface area contributed by atoms with E-state index in [1.54, 1.807) is 11.3 Å². The molecule has 5 heteroatoms. The minimum absolute atomic E-state index is 0.777. The fraction of sp³-hybridized carbons (Fsp3) is 0.316. The highest BCUT2D eigenvalue weighted by atomic mass is 35.5. The number of nitrogens with zero attached hydrogens (tertiary/aromatic N) is 2. The molecule has 0 saturated carbocycles. The molecule has 1 aliphatic heterocycles. The third-order valence-corrected chi connectivity index (χ3v) is 6.02. The second-order valence-corrected chi connectivity index (χ2v) is 7.66. The Morgan fingerprint density at radius 1 is 1.25 bits per heavy atom. The van der Waals surface area contributed by atoms with Crippen LogP contribution in [0.5, 0.6) is 0 Å². The summed E-state index contributed by atoms with van der Waals surface area (Å²) >= 11 is 8.12. The smallest absolute Gasteiger partial charge is 0.133 e. The van der Waals surface area contributed by atoms with Gasteiger partial charge in [-0.05, 0) is 67.8 Å². The van der Waals surface area contributed by atoms with Gasteiger partial charge in [0, 0.05) is 17.1 Å². The van der Waals surface area contributed by atoms with E-state index < -0.39 is 0 Å². The predicted molar refractivity (Wildman–Crippen MR) is 103 cm³/mol. The number of anilines is 1. The van der Waals surface area contributed by atoms with Gasteiger partial charge in [-0.15, -0.1) is 11.3 Å². The van der Waals surface area contributed by atoms with Crippen LogP contribution in [0, 0.1) is 13.8 Å². The SMILES string of the molecule is Cc1csc(-c2nn(-c3cccc(Cl)c3C)c3c2CCCCN3)c1. The lowest BCUT2D eigenvalue weighted by molar-refractivity contribution is 0.780. The molecule has 1 aliphatic rings. The Bertz CT molecular complexity index is 894. The first-order valence-electron chi connectivity index (χ1n) is 8.32. The van der Waals surface area contributed by atoms with E-state index in [9.17, 15) is 0 Å². The molecule has 3 nitrogen and oxygen atoms in total. The molecule has 24 heavy (non-hydrogen) atoms. The molecule has 0 aliphatic carbocycles. The van der Waals surface area contributed by atoms with Crippen molar-refractivity contribution < 1.29 is 0 Å². The number of thiophene rings is 1. The van der Waals surface area contributed by atoms with Crippen molar-refractivity contribution in [3.8, 4) is 16.3 Å². The van der Waals surface area contributed by atoms with Gasteiger partial charge in [0.25, 0.3) is 0 Å². The fourth-order valence-corrected chi connectivity index (χ4v) is 4.34. The van der Waals surface area contributed by atoms with Crippen LogP contribution in [0.25, 0.3) is 16.3 Å². The van der Waals surface area contributed by atoms with Crippen LogP contribution < -0.4 is 5.32 Å². The number of fused-ring (bicyclic) bond motifs is 1. The third-order valence-electron chi connectivity index (χ3n) is 4.56. The summed E-state index contributed by atoms with van der Waals surface area (Å²) in [7, 11) is 0. The van der Waals surface area contributed by atoms with Crippen LogP contribution in [-0.4, -0.2) is 16.3 Å². The molecule has 3 aromatic rings. The number of nitrogens with one attached hydrogen (secondary N) is 1. The Morgan fingerprint density at radius 3 is 2.92 bits per heavy atom. The van der Waals surface area contributed by atoms with E-state index >= 15 is 0 Å². The minimum Gasteiger partial charge on any atom is -0.370 e. The molecule has 0 saturated heterocycles. The lowest BCUT2D eigenvalue weighted by atomic mass is 10.1. The Kier molecular flexibility index (Phi) is 4.10. The lowest BCUT2D eigenvalue weighted by Crippen LogP contribution is -2.08. The van der Waals surface area contributed by atoms with Crippen molar-refractivity contribution >= 4 is 28.8 Å². The van der Waals surface area contributed by atoms with Crippen LogP contribution >= 0.6 is 22.9 Å². The maximum Gasteiger partial charge on any atom is 0.133 e. The van der Waals surface area contributed by atoms with Crippen LogP contribution in [0.15, 0.2) is 29.6 Å². The predicted octanol–water partition coefficient (Wildman–Crippen LogP) is 5.62. The molecule has 0 amide bonds. The van der Waals surface area contributed by atoms with E-state index in [1.165, 1.54) is 28.8 Å². The van der Waals surface area contributed by atoms with Crippen LogP contribution in [0.3, 0.4) is 0 Å². The van der Waals surface area contributed by atoms with Crippen molar-refractivity contribution in [2.75, 3.05) is 11.9 Å². The Hall–Kier alpha value is -1.78. The van der Waals surface area contributed by atoms with Crippen molar-refractivity contribution in [1.29, 1.82) is 0 Å². The molecule has 2 aromatic heterocycles. The highest BCUT2D eigenvalue weighted by Crippen LogP contribution is 2.37. The highest BCUT2D eigenvalue weighted by molar-refractivity contribution is 7.13. The van der Waals surface area contributed by atoms with E-state index in [0.29, 0.717) is 0 Å².